The van der Waals surface area contributed by atoms with Gasteiger partial charge in [-0.25, -0.2) is 0 Å². The van der Waals surface area contributed by atoms with Gasteiger partial charge in [0.25, 0.3) is 0 Å². The summed E-state index contributed by atoms with van der Waals surface area (Å²) in [5.41, 5.74) is 2.85. The number of para-hydroxylation sites is 1. The zero-order valence-corrected chi connectivity index (χ0v) is 19.8. The molecule has 1 aromatic heterocycles. The Hall–Kier alpha value is -3.00. The standard InChI is InChI=1S/C24H28N4O3S/c1-6-28-21(18-8-7-9-19-20(18)31-14-30-19)26-27-23(28)32-24(4,5)22(29)25-17-12-10-16(11-13-17)15(2)3/h7-13,15H,6,14H2,1-5H3,(H,25,29). The van der Waals surface area contributed by atoms with Crippen LogP contribution in [0, 0.1) is 0 Å². The van der Waals surface area contributed by atoms with Gasteiger partial charge in [0.2, 0.25) is 12.7 Å². The minimum atomic E-state index is -0.758. The molecule has 0 aliphatic carbocycles. The topological polar surface area (TPSA) is 78.3 Å². The van der Waals surface area contributed by atoms with E-state index in [2.05, 4.69) is 29.4 Å². The molecule has 0 saturated heterocycles. The van der Waals surface area contributed by atoms with Crippen molar-refractivity contribution in [1.29, 1.82) is 0 Å². The molecule has 0 saturated carbocycles. The average molecular weight is 453 g/mol. The van der Waals surface area contributed by atoms with Crippen LogP contribution in [0.25, 0.3) is 11.4 Å². The third kappa shape index (κ3) is 4.32. The van der Waals surface area contributed by atoms with Crippen LogP contribution in [0.4, 0.5) is 5.69 Å². The number of nitrogens with one attached hydrogen (secondary N) is 1. The van der Waals surface area contributed by atoms with E-state index in [-0.39, 0.29) is 12.7 Å². The van der Waals surface area contributed by atoms with E-state index in [9.17, 15) is 4.79 Å². The molecule has 0 radical (unpaired) electrons. The number of aromatic nitrogens is 3. The highest BCUT2D eigenvalue weighted by Gasteiger charge is 2.32. The summed E-state index contributed by atoms with van der Waals surface area (Å²) in [6.07, 6.45) is 0. The van der Waals surface area contributed by atoms with Gasteiger partial charge in [-0.1, -0.05) is 43.8 Å². The first-order valence-corrected chi connectivity index (χ1v) is 11.5. The number of benzene rings is 2. The summed E-state index contributed by atoms with van der Waals surface area (Å²) in [5.74, 6) is 2.42. The van der Waals surface area contributed by atoms with Crippen molar-refractivity contribution in [2.45, 2.75) is 57.0 Å². The fourth-order valence-electron chi connectivity index (χ4n) is 3.46. The Bertz CT molecular complexity index is 1120. The van der Waals surface area contributed by atoms with Crippen LogP contribution < -0.4 is 14.8 Å². The summed E-state index contributed by atoms with van der Waals surface area (Å²) < 4.78 is 12.4. The predicted molar refractivity (Wildman–Crippen MR) is 126 cm³/mol. The number of rotatable bonds is 7. The van der Waals surface area contributed by atoms with Gasteiger partial charge in [-0.05, 0) is 56.5 Å². The summed E-state index contributed by atoms with van der Waals surface area (Å²) in [4.78, 5) is 13.1. The van der Waals surface area contributed by atoms with Gasteiger partial charge in [-0.15, -0.1) is 10.2 Å². The van der Waals surface area contributed by atoms with E-state index in [0.717, 1.165) is 11.3 Å². The van der Waals surface area contributed by atoms with E-state index >= 15 is 0 Å². The number of anilines is 1. The van der Waals surface area contributed by atoms with Gasteiger partial charge in [-0.2, -0.15) is 0 Å². The van der Waals surface area contributed by atoms with Crippen LogP contribution in [-0.4, -0.2) is 32.2 Å². The maximum absolute atomic E-state index is 13.1. The number of carbonyl (C=O) groups is 1. The molecule has 7 nitrogen and oxygen atoms in total. The predicted octanol–water partition coefficient (Wildman–Crippen LogP) is 5.33. The number of hydrogen-bond acceptors (Lipinski definition) is 6. The van der Waals surface area contributed by atoms with Crippen molar-refractivity contribution in [3.05, 3.63) is 48.0 Å². The van der Waals surface area contributed by atoms with Gasteiger partial charge < -0.3 is 19.4 Å². The highest BCUT2D eigenvalue weighted by Crippen LogP contribution is 2.42. The fourth-order valence-corrected chi connectivity index (χ4v) is 4.47. The first kappa shape index (κ1) is 22.2. The molecule has 2 heterocycles. The van der Waals surface area contributed by atoms with Crippen molar-refractivity contribution in [3.8, 4) is 22.9 Å². The third-order valence-corrected chi connectivity index (χ3v) is 6.58. The number of fused-ring (bicyclic) bond motifs is 1. The number of nitrogens with zero attached hydrogens (tertiary/aromatic N) is 3. The number of thioether (sulfide) groups is 1. The van der Waals surface area contributed by atoms with Crippen LogP contribution in [0.3, 0.4) is 0 Å². The molecule has 8 heteroatoms. The van der Waals surface area contributed by atoms with E-state index in [0.29, 0.717) is 34.9 Å². The van der Waals surface area contributed by atoms with Crippen LogP contribution in [0.5, 0.6) is 11.5 Å². The second kappa shape index (κ2) is 8.86. The SMILES string of the molecule is CCn1c(SC(C)(C)C(=O)Nc2ccc(C(C)C)cc2)nnc1-c1cccc2c1OCO2. The largest absolute Gasteiger partial charge is 0.454 e. The van der Waals surface area contributed by atoms with Gasteiger partial charge in [0.1, 0.15) is 0 Å². The maximum Gasteiger partial charge on any atom is 0.240 e. The molecule has 0 fully saturated rings. The van der Waals surface area contributed by atoms with Crippen molar-refractivity contribution < 1.29 is 14.3 Å². The fraction of sp³-hybridized carbons (Fsp3) is 0.375. The molecule has 32 heavy (non-hydrogen) atoms. The molecule has 1 aliphatic heterocycles. The summed E-state index contributed by atoms with van der Waals surface area (Å²) in [6.45, 7) is 11.0. The Morgan fingerprint density at radius 2 is 1.91 bits per heavy atom. The first-order chi connectivity index (χ1) is 15.3. The second-order valence-electron chi connectivity index (χ2n) is 8.43. The molecule has 4 rings (SSSR count). The molecule has 1 aliphatic rings. The summed E-state index contributed by atoms with van der Waals surface area (Å²) in [5, 5.41) is 12.5. The maximum atomic E-state index is 13.1. The van der Waals surface area contributed by atoms with Crippen LogP contribution in [0.1, 0.15) is 46.1 Å². The molecule has 3 aromatic rings. The van der Waals surface area contributed by atoms with Crippen LogP contribution in [-0.2, 0) is 11.3 Å². The number of hydrogen-bond donors (Lipinski definition) is 1. The lowest BCUT2D eigenvalue weighted by atomic mass is 10.0. The zero-order valence-electron chi connectivity index (χ0n) is 19.0. The molecule has 168 valence electrons. The van der Waals surface area contributed by atoms with E-state index < -0.39 is 4.75 Å². The van der Waals surface area contributed by atoms with Crippen molar-refractivity contribution in [1.82, 2.24) is 14.8 Å². The van der Waals surface area contributed by atoms with Crippen LogP contribution in [0.15, 0.2) is 47.6 Å². The third-order valence-electron chi connectivity index (χ3n) is 5.40. The number of carbonyl (C=O) groups excluding carboxylic acids is 1. The normalized spacial score (nSPS) is 12.9. The monoisotopic (exact) mass is 452 g/mol. The Morgan fingerprint density at radius 1 is 1.16 bits per heavy atom. The Balaban J connectivity index is 1.54. The quantitative estimate of drug-likeness (QED) is 0.489. The highest BCUT2D eigenvalue weighted by molar-refractivity contribution is 8.01. The lowest BCUT2D eigenvalue weighted by Gasteiger charge is -2.23. The van der Waals surface area contributed by atoms with Crippen molar-refractivity contribution in [2.75, 3.05) is 12.1 Å². The molecular formula is C24H28N4O3S. The molecule has 2 aromatic carbocycles. The van der Waals surface area contributed by atoms with Gasteiger partial charge in [0, 0.05) is 12.2 Å². The zero-order chi connectivity index (χ0) is 22.9. The van der Waals surface area contributed by atoms with E-state index in [1.165, 1.54) is 17.3 Å². The molecular weight excluding hydrogens is 424 g/mol. The summed E-state index contributed by atoms with van der Waals surface area (Å²) in [7, 11) is 0. The molecule has 1 N–H and O–H groups in total. The van der Waals surface area contributed by atoms with Crippen LogP contribution in [0.2, 0.25) is 0 Å². The van der Waals surface area contributed by atoms with Crippen molar-refractivity contribution in [2.24, 2.45) is 0 Å². The van der Waals surface area contributed by atoms with Crippen LogP contribution >= 0.6 is 11.8 Å². The minimum absolute atomic E-state index is 0.0932. The molecule has 0 unspecified atom stereocenters. The average Bonchev–Trinajstić information content (AvgIpc) is 3.40. The number of amides is 1. The van der Waals surface area contributed by atoms with Crippen molar-refractivity contribution >= 4 is 23.4 Å². The Labute approximate surface area is 192 Å². The van der Waals surface area contributed by atoms with Crippen molar-refractivity contribution in [3.63, 3.8) is 0 Å². The smallest absolute Gasteiger partial charge is 0.240 e. The Kier molecular flexibility index (Phi) is 6.15. The summed E-state index contributed by atoms with van der Waals surface area (Å²) in [6, 6.07) is 13.7. The second-order valence-corrected chi connectivity index (χ2v) is 10.0. The van der Waals surface area contributed by atoms with Gasteiger partial charge in [0.05, 0.1) is 10.3 Å². The molecule has 0 spiro atoms. The Morgan fingerprint density at radius 3 is 2.59 bits per heavy atom. The van der Waals surface area contributed by atoms with Gasteiger partial charge in [-0.3, -0.25) is 4.79 Å². The molecule has 0 atom stereocenters. The van der Waals surface area contributed by atoms with E-state index in [1.54, 1.807) is 0 Å². The van der Waals surface area contributed by atoms with Gasteiger partial charge >= 0.3 is 0 Å². The first-order valence-electron chi connectivity index (χ1n) is 10.7. The van der Waals surface area contributed by atoms with E-state index in [1.807, 2.05) is 67.8 Å². The van der Waals surface area contributed by atoms with E-state index in [4.69, 9.17) is 9.47 Å². The number of ether oxygens (including phenoxy) is 2. The lowest BCUT2D eigenvalue weighted by Crippen LogP contribution is -2.34. The lowest BCUT2D eigenvalue weighted by molar-refractivity contribution is -0.117. The molecule has 0 bridgehead atoms. The highest BCUT2D eigenvalue weighted by atomic mass is 32.2. The molecule has 1 amide bonds. The van der Waals surface area contributed by atoms with Gasteiger partial charge in [0.15, 0.2) is 22.5 Å². The minimum Gasteiger partial charge on any atom is -0.454 e. The summed E-state index contributed by atoms with van der Waals surface area (Å²) >= 11 is 1.39.